The maximum Gasteiger partial charge on any atom is 0.191 e. The van der Waals surface area contributed by atoms with Crippen LogP contribution in [0.1, 0.15) is 58.6 Å². The van der Waals surface area contributed by atoms with Crippen molar-refractivity contribution in [3.63, 3.8) is 0 Å². The molecule has 0 aliphatic heterocycles. The molecule has 6 heteroatoms. The van der Waals surface area contributed by atoms with Gasteiger partial charge in [0.25, 0.3) is 0 Å². The van der Waals surface area contributed by atoms with Crippen molar-refractivity contribution < 1.29 is 9.84 Å². The highest BCUT2D eigenvalue weighted by atomic mass is 127. The molecule has 0 fully saturated rings. The first-order valence-electron chi connectivity index (χ1n) is 9.03. The van der Waals surface area contributed by atoms with Crippen molar-refractivity contribution in [1.29, 1.82) is 0 Å². The van der Waals surface area contributed by atoms with Crippen molar-refractivity contribution in [1.82, 2.24) is 10.6 Å². The van der Waals surface area contributed by atoms with Crippen LogP contribution in [0.2, 0.25) is 0 Å². The van der Waals surface area contributed by atoms with E-state index in [4.69, 9.17) is 4.74 Å². The lowest BCUT2D eigenvalue weighted by Gasteiger charge is -2.15. The van der Waals surface area contributed by atoms with Gasteiger partial charge in [-0.2, -0.15) is 0 Å². The van der Waals surface area contributed by atoms with Gasteiger partial charge in [-0.1, -0.05) is 31.9 Å². The smallest absolute Gasteiger partial charge is 0.191 e. The fourth-order valence-electron chi connectivity index (χ4n) is 2.27. The highest BCUT2D eigenvalue weighted by molar-refractivity contribution is 14.0. The lowest BCUT2D eigenvalue weighted by atomic mass is 10.1. The molecular formula is C19H34IN3O2. The van der Waals surface area contributed by atoms with E-state index in [2.05, 4.69) is 22.5 Å². The number of guanidine groups is 1. The van der Waals surface area contributed by atoms with Crippen molar-refractivity contribution in [3.8, 4) is 5.75 Å². The predicted molar refractivity (Wildman–Crippen MR) is 116 cm³/mol. The molecule has 5 nitrogen and oxygen atoms in total. The predicted octanol–water partition coefficient (Wildman–Crippen LogP) is 3.87. The minimum atomic E-state index is -0.646. The number of nitrogens with zero attached hydrogens (tertiary/aromatic N) is 1. The van der Waals surface area contributed by atoms with Gasteiger partial charge < -0.3 is 20.5 Å². The summed E-state index contributed by atoms with van der Waals surface area (Å²) in [4.78, 5) is 4.48. The summed E-state index contributed by atoms with van der Waals surface area (Å²) < 4.78 is 5.67. The van der Waals surface area contributed by atoms with Crippen LogP contribution in [0, 0.1) is 0 Å². The quantitative estimate of drug-likeness (QED) is 0.213. The number of rotatable bonds is 10. The van der Waals surface area contributed by atoms with Gasteiger partial charge in [-0.3, -0.25) is 4.99 Å². The van der Waals surface area contributed by atoms with Crippen LogP contribution in [-0.4, -0.2) is 36.8 Å². The molecule has 1 rings (SSSR count). The van der Waals surface area contributed by atoms with Gasteiger partial charge >= 0.3 is 0 Å². The SMILES string of the molecule is CCCCCNC(=NCC(O)c1cccc(OC(C)C)c1)NCC.I. The Bertz CT molecular complexity index is 495. The molecule has 0 saturated carbocycles. The maximum atomic E-state index is 10.4. The summed E-state index contributed by atoms with van der Waals surface area (Å²) in [6.07, 6.45) is 2.99. The van der Waals surface area contributed by atoms with Crippen molar-refractivity contribution in [3.05, 3.63) is 29.8 Å². The molecule has 0 bridgehead atoms. The number of hydrogen-bond donors (Lipinski definition) is 3. The van der Waals surface area contributed by atoms with E-state index < -0.39 is 6.10 Å². The van der Waals surface area contributed by atoms with Gasteiger partial charge in [0, 0.05) is 13.1 Å². The number of ether oxygens (including phenoxy) is 1. The molecule has 0 aliphatic carbocycles. The zero-order valence-electron chi connectivity index (χ0n) is 15.9. The second-order valence-electron chi connectivity index (χ2n) is 6.11. The van der Waals surface area contributed by atoms with E-state index in [0.717, 1.165) is 36.8 Å². The average Bonchev–Trinajstić information content (AvgIpc) is 2.55. The first-order chi connectivity index (χ1) is 11.6. The minimum Gasteiger partial charge on any atom is -0.491 e. The largest absolute Gasteiger partial charge is 0.491 e. The second kappa shape index (κ2) is 14.2. The van der Waals surface area contributed by atoms with Gasteiger partial charge in [0.05, 0.1) is 18.8 Å². The van der Waals surface area contributed by atoms with Crippen LogP contribution in [0.5, 0.6) is 5.75 Å². The maximum absolute atomic E-state index is 10.4. The molecule has 0 aromatic heterocycles. The molecule has 1 aromatic rings. The van der Waals surface area contributed by atoms with Crippen molar-refractivity contribution >= 4 is 29.9 Å². The molecule has 3 N–H and O–H groups in total. The van der Waals surface area contributed by atoms with Gasteiger partial charge in [-0.05, 0) is 44.9 Å². The monoisotopic (exact) mass is 463 g/mol. The minimum absolute atomic E-state index is 0. The number of aliphatic imine (C=N–C) groups is 1. The zero-order chi connectivity index (χ0) is 17.8. The van der Waals surface area contributed by atoms with Crippen molar-refractivity contribution in [2.24, 2.45) is 4.99 Å². The van der Waals surface area contributed by atoms with E-state index in [0.29, 0.717) is 6.54 Å². The van der Waals surface area contributed by atoms with Crippen LogP contribution in [-0.2, 0) is 0 Å². The normalized spacial score (nSPS) is 12.5. The Hall–Kier alpha value is -1.02. The number of nitrogens with one attached hydrogen (secondary N) is 2. The highest BCUT2D eigenvalue weighted by Gasteiger charge is 2.09. The van der Waals surface area contributed by atoms with Gasteiger partial charge in [-0.15, -0.1) is 24.0 Å². The zero-order valence-corrected chi connectivity index (χ0v) is 18.2. The molecule has 0 heterocycles. The molecule has 1 atom stereocenters. The summed E-state index contributed by atoms with van der Waals surface area (Å²) in [5.41, 5.74) is 0.818. The van der Waals surface area contributed by atoms with E-state index >= 15 is 0 Å². The first kappa shape index (κ1) is 24.0. The van der Waals surface area contributed by atoms with Crippen LogP contribution in [0.15, 0.2) is 29.3 Å². The van der Waals surface area contributed by atoms with Crippen LogP contribution < -0.4 is 15.4 Å². The van der Waals surface area contributed by atoms with Gasteiger partial charge in [0.2, 0.25) is 0 Å². The number of halogens is 1. The molecule has 0 aliphatic rings. The third-order valence-electron chi connectivity index (χ3n) is 3.45. The Morgan fingerprint density at radius 2 is 1.96 bits per heavy atom. The summed E-state index contributed by atoms with van der Waals surface area (Å²) in [6.45, 7) is 10.2. The van der Waals surface area contributed by atoms with Gasteiger partial charge in [-0.25, -0.2) is 0 Å². The number of aliphatic hydroxyl groups excluding tert-OH is 1. The fraction of sp³-hybridized carbons (Fsp3) is 0.632. The Kier molecular flexibility index (Phi) is 13.6. The lowest BCUT2D eigenvalue weighted by Crippen LogP contribution is -2.38. The molecule has 0 spiro atoms. The van der Waals surface area contributed by atoms with Crippen LogP contribution in [0.25, 0.3) is 0 Å². The molecule has 1 aromatic carbocycles. The molecular weight excluding hydrogens is 429 g/mol. The van der Waals surface area contributed by atoms with Crippen LogP contribution in [0.3, 0.4) is 0 Å². The van der Waals surface area contributed by atoms with E-state index in [1.165, 1.54) is 12.8 Å². The number of aliphatic hydroxyl groups is 1. The fourth-order valence-corrected chi connectivity index (χ4v) is 2.27. The Morgan fingerprint density at radius 1 is 1.20 bits per heavy atom. The number of benzene rings is 1. The number of unbranched alkanes of at least 4 members (excludes halogenated alkanes) is 2. The molecule has 0 radical (unpaired) electrons. The van der Waals surface area contributed by atoms with Gasteiger partial charge in [0.15, 0.2) is 5.96 Å². The summed E-state index contributed by atoms with van der Waals surface area (Å²) in [5.74, 6) is 1.53. The molecule has 0 saturated heterocycles. The Labute approximate surface area is 169 Å². The summed E-state index contributed by atoms with van der Waals surface area (Å²) >= 11 is 0. The standard InChI is InChI=1S/C19H33N3O2.HI/c1-5-7-8-12-21-19(20-6-2)22-14-18(23)16-10-9-11-17(13-16)24-15(3)4;/h9-11,13,15,18,23H,5-8,12,14H2,1-4H3,(H2,20,21,22);1H. The van der Waals surface area contributed by atoms with Crippen LogP contribution in [0.4, 0.5) is 0 Å². The molecule has 25 heavy (non-hydrogen) atoms. The highest BCUT2D eigenvalue weighted by Crippen LogP contribution is 2.20. The summed E-state index contributed by atoms with van der Waals surface area (Å²) in [7, 11) is 0. The topological polar surface area (TPSA) is 65.9 Å². The third kappa shape index (κ3) is 10.5. The van der Waals surface area contributed by atoms with E-state index in [9.17, 15) is 5.11 Å². The van der Waals surface area contributed by atoms with Crippen molar-refractivity contribution in [2.45, 2.75) is 59.2 Å². The first-order valence-corrected chi connectivity index (χ1v) is 9.03. The molecule has 144 valence electrons. The lowest BCUT2D eigenvalue weighted by molar-refractivity contribution is 0.185. The van der Waals surface area contributed by atoms with Crippen molar-refractivity contribution in [2.75, 3.05) is 19.6 Å². The summed E-state index contributed by atoms with van der Waals surface area (Å²) in [6, 6.07) is 7.57. The van der Waals surface area contributed by atoms with E-state index in [-0.39, 0.29) is 30.1 Å². The van der Waals surface area contributed by atoms with E-state index in [1.807, 2.05) is 45.0 Å². The Balaban J connectivity index is 0.00000576. The number of hydrogen-bond acceptors (Lipinski definition) is 3. The molecule has 0 amide bonds. The van der Waals surface area contributed by atoms with Gasteiger partial charge in [0.1, 0.15) is 5.75 Å². The van der Waals surface area contributed by atoms with Crippen LogP contribution >= 0.6 is 24.0 Å². The third-order valence-corrected chi connectivity index (χ3v) is 3.45. The average molecular weight is 463 g/mol. The van der Waals surface area contributed by atoms with E-state index in [1.54, 1.807) is 0 Å². The second-order valence-corrected chi connectivity index (χ2v) is 6.11. The Morgan fingerprint density at radius 3 is 2.60 bits per heavy atom. The molecule has 1 unspecified atom stereocenters. The summed E-state index contributed by atoms with van der Waals surface area (Å²) in [5, 5.41) is 16.9.